The van der Waals surface area contributed by atoms with Gasteiger partial charge < -0.3 is 10.6 Å². The summed E-state index contributed by atoms with van der Waals surface area (Å²) in [6.07, 6.45) is 1.32. The molecule has 0 heterocycles. The normalized spacial score (nSPS) is 11.8. The lowest BCUT2D eigenvalue weighted by Crippen LogP contribution is -2.32. The van der Waals surface area contributed by atoms with Crippen LogP contribution in [0, 0.1) is 5.92 Å². The molecule has 0 unspecified atom stereocenters. The van der Waals surface area contributed by atoms with Crippen molar-refractivity contribution in [3.63, 3.8) is 0 Å². The number of hydrogen-bond donors (Lipinski definition) is 2. The second kappa shape index (κ2) is 9.76. The number of carbonyl (C=O) groups is 2. The van der Waals surface area contributed by atoms with Gasteiger partial charge in [-0.3, -0.25) is 9.59 Å². The van der Waals surface area contributed by atoms with Crippen LogP contribution in [-0.2, 0) is 11.2 Å². The fraction of sp³-hybridized carbons (Fsp3) is 0.364. The minimum Gasteiger partial charge on any atom is -0.352 e. The molecule has 0 bridgehead atoms. The highest BCUT2D eigenvalue weighted by atomic mass is 16.2. The van der Waals surface area contributed by atoms with E-state index in [2.05, 4.69) is 48.7 Å². The second-order valence-electron chi connectivity index (χ2n) is 7.00. The van der Waals surface area contributed by atoms with Crippen LogP contribution in [0.4, 0.5) is 0 Å². The van der Waals surface area contributed by atoms with E-state index in [-0.39, 0.29) is 24.3 Å². The Morgan fingerprint density at radius 1 is 0.923 bits per heavy atom. The Hall–Kier alpha value is -2.62. The monoisotopic (exact) mass is 352 g/mol. The second-order valence-corrected chi connectivity index (χ2v) is 7.00. The van der Waals surface area contributed by atoms with E-state index in [1.807, 2.05) is 25.1 Å². The highest BCUT2D eigenvalue weighted by Gasteiger charge is 2.11. The van der Waals surface area contributed by atoms with E-state index in [1.54, 1.807) is 12.1 Å². The third-order valence-electron chi connectivity index (χ3n) is 4.17. The van der Waals surface area contributed by atoms with Crippen molar-refractivity contribution in [1.82, 2.24) is 10.6 Å². The van der Waals surface area contributed by atoms with Gasteiger partial charge in [0.15, 0.2) is 0 Å². The van der Waals surface area contributed by atoms with E-state index >= 15 is 0 Å². The van der Waals surface area contributed by atoms with E-state index in [0.29, 0.717) is 18.0 Å². The van der Waals surface area contributed by atoms with Gasteiger partial charge in [0.05, 0.1) is 6.04 Å². The summed E-state index contributed by atoms with van der Waals surface area (Å²) in [6.45, 7) is 6.69. The first-order valence-electron chi connectivity index (χ1n) is 9.17. The van der Waals surface area contributed by atoms with E-state index in [0.717, 1.165) is 12.0 Å². The molecule has 0 saturated heterocycles. The zero-order chi connectivity index (χ0) is 18.9. The van der Waals surface area contributed by atoms with Crippen LogP contribution in [0.25, 0.3) is 0 Å². The van der Waals surface area contributed by atoms with Gasteiger partial charge in [-0.05, 0) is 42.5 Å². The van der Waals surface area contributed by atoms with Gasteiger partial charge in [-0.15, -0.1) is 0 Å². The van der Waals surface area contributed by atoms with Crippen molar-refractivity contribution in [2.75, 3.05) is 6.54 Å². The van der Waals surface area contributed by atoms with Crippen LogP contribution in [0.3, 0.4) is 0 Å². The van der Waals surface area contributed by atoms with E-state index in [9.17, 15) is 9.59 Å². The molecule has 2 rings (SSSR count). The van der Waals surface area contributed by atoms with Gasteiger partial charge in [-0.1, -0.05) is 56.3 Å². The van der Waals surface area contributed by atoms with E-state index in [1.165, 1.54) is 5.56 Å². The predicted octanol–water partition coefficient (Wildman–Crippen LogP) is 3.88. The molecule has 0 saturated carbocycles. The number of rotatable bonds is 8. The maximum Gasteiger partial charge on any atom is 0.251 e. The predicted molar refractivity (Wildman–Crippen MR) is 105 cm³/mol. The summed E-state index contributed by atoms with van der Waals surface area (Å²) in [5.41, 5.74) is 2.99. The maximum absolute atomic E-state index is 12.1. The zero-order valence-electron chi connectivity index (χ0n) is 15.8. The van der Waals surface area contributed by atoms with Crippen molar-refractivity contribution >= 4 is 11.8 Å². The summed E-state index contributed by atoms with van der Waals surface area (Å²) in [5.74, 6) is 0.397. The van der Waals surface area contributed by atoms with Gasteiger partial charge >= 0.3 is 0 Å². The standard InChI is InChI=1S/C22H28N2O2/c1-16(2)15-18-9-11-19(12-10-18)17(3)24-21(25)13-14-23-22(26)20-7-5-4-6-8-20/h4-12,16-17H,13-15H2,1-3H3,(H,23,26)(H,24,25)/t17-/m1/s1. The molecular formula is C22H28N2O2. The van der Waals surface area contributed by atoms with Crippen LogP contribution in [0.15, 0.2) is 54.6 Å². The molecule has 0 fully saturated rings. The Morgan fingerprint density at radius 2 is 1.58 bits per heavy atom. The van der Waals surface area contributed by atoms with Gasteiger partial charge in [-0.25, -0.2) is 0 Å². The molecule has 0 radical (unpaired) electrons. The molecule has 2 aromatic rings. The van der Waals surface area contributed by atoms with Crippen molar-refractivity contribution in [2.45, 2.75) is 39.7 Å². The van der Waals surface area contributed by atoms with Gasteiger partial charge in [0.25, 0.3) is 5.91 Å². The number of benzene rings is 2. The molecule has 2 amide bonds. The lowest BCUT2D eigenvalue weighted by molar-refractivity contribution is -0.121. The first-order valence-corrected chi connectivity index (χ1v) is 9.17. The molecule has 138 valence electrons. The van der Waals surface area contributed by atoms with Crippen LogP contribution in [0.1, 0.15) is 54.7 Å². The van der Waals surface area contributed by atoms with Gasteiger partial charge in [0.1, 0.15) is 0 Å². The molecule has 2 N–H and O–H groups in total. The Bertz CT molecular complexity index is 709. The molecule has 1 atom stereocenters. The lowest BCUT2D eigenvalue weighted by Gasteiger charge is -2.15. The van der Waals surface area contributed by atoms with Crippen LogP contribution < -0.4 is 10.6 Å². The van der Waals surface area contributed by atoms with Crippen LogP contribution in [0.2, 0.25) is 0 Å². The van der Waals surface area contributed by atoms with E-state index in [4.69, 9.17) is 0 Å². The summed E-state index contributed by atoms with van der Waals surface area (Å²) in [5, 5.41) is 5.75. The molecule has 0 aromatic heterocycles. The van der Waals surface area contributed by atoms with Gasteiger partial charge in [0, 0.05) is 18.5 Å². The van der Waals surface area contributed by atoms with Crippen molar-refractivity contribution in [2.24, 2.45) is 5.92 Å². The number of nitrogens with one attached hydrogen (secondary N) is 2. The largest absolute Gasteiger partial charge is 0.352 e. The first kappa shape index (κ1) is 19.7. The van der Waals surface area contributed by atoms with Crippen LogP contribution >= 0.6 is 0 Å². The summed E-state index contributed by atoms with van der Waals surface area (Å²) in [4.78, 5) is 24.0. The number of amides is 2. The third kappa shape index (κ3) is 6.36. The van der Waals surface area contributed by atoms with Crippen LogP contribution in [0.5, 0.6) is 0 Å². The Morgan fingerprint density at radius 3 is 2.19 bits per heavy atom. The summed E-state index contributed by atoms with van der Waals surface area (Å²) >= 11 is 0. The molecule has 0 aliphatic rings. The summed E-state index contributed by atoms with van der Waals surface area (Å²) in [6, 6.07) is 17.3. The van der Waals surface area contributed by atoms with Gasteiger partial charge in [-0.2, -0.15) is 0 Å². The highest BCUT2D eigenvalue weighted by molar-refractivity contribution is 5.94. The molecule has 2 aromatic carbocycles. The minimum atomic E-state index is -0.160. The quantitative estimate of drug-likeness (QED) is 0.757. The molecule has 4 heteroatoms. The zero-order valence-corrected chi connectivity index (χ0v) is 15.8. The Kier molecular flexibility index (Phi) is 7.39. The topological polar surface area (TPSA) is 58.2 Å². The molecule has 26 heavy (non-hydrogen) atoms. The number of hydrogen-bond acceptors (Lipinski definition) is 2. The lowest BCUT2D eigenvalue weighted by atomic mass is 10.00. The average molecular weight is 352 g/mol. The van der Waals surface area contributed by atoms with Crippen molar-refractivity contribution in [3.05, 3.63) is 71.3 Å². The maximum atomic E-state index is 12.1. The number of carbonyl (C=O) groups excluding carboxylic acids is 2. The molecule has 0 aliphatic carbocycles. The fourth-order valence-corrected chi connectivity index (χ4v) is 2.79. The van der Waals surface area contributed by atoms with Crippen molar-refractivity contribution in [3.8, 4) is 0 Å². The highest BCUT2D eigenvalue weighted by Crippen LogP contribution is 2.15. The summed E-state index contributed by atoms with van der Waals surface area (Å²) in [7, 11) is 0. The Labute approximate surface area is 156 Å². The fourth-order valence-electron chi connectivity index (χ4n) is 2.79. The first-order chi connectivity index (χ1) is 12.5. The van der Waals surface area contributed by atoms with Crippen molar-refractivity contribution < 1.29 is 9.59 Å². The van der Waals surface area contributed by atoms with Crippen LogP contribution in [-0.4, -0.2) is 18.4 Å². The summed E-state index contributed by atoms with van der Waals surface area (Å²) < 4.78 is 0. The smallest absolute Gasteiger partial charge is 0.251 e. The Balaban J connectivity index is 1.75. The minimum absolute atomic E-state index is 0.0552. The average Bonchev–Trinajstić information content (AvgIpc) is 2.62. The SMILES string of the molecule is CC(C)Cc1ccc([C@@H](C)NC(=O)CCNC(=O)c2ccccc2)cc1. The van der Waals surface area contributed by atoms with Crippen molar-refractivity contribution in [1.29, 1.82) is 0 Å². The third-order valence-corrected chi connectivity index (χ3v) is 4.17. The molecular weight excluding hydrogens is 324 g/mol. The molecule has 4 nitrogen and oxygen atoms in total. The molecule has 0 aliphatic heterocycles. The van der Waals surface area contributed by atoms with E-state index < -0.39 is 0 Å². The molecule has 0 spiro atoms. The van der Waals surface area contributed by atoms with Gasteiger partial charge in [0.2, 0.25) is 5.91 Å².